The molecule has 1 fully saturated rings. The number of amides is 1. The summed E-state index contributed by atoms with van der Waals surface area (Å²) in [6.07, 6.45) is 3.13. The highest BCUT2D eigenvalue weighted by Gasteiger charge is 2.24. The summed E-state index contributed by atoms with van der Waals surface area (Å²) in [5.41, 5.74) is 1.28. The number of carbonyl (C=O) groups excluding carboxylic acids is 1. The molecule has 3 nitrogen and oxygen atoms in total. The van der Waals surface area contributed by atoms with E-state index >= 15 is 0 Å². The van der Waals surface area contributed by atoms with E-state index in [2.05, 4.69) is 5.32 Å². The summed E-state index contributed by atoms with van der Waals surface area (Å²) in [5, 5.41) is 11.5. The Morgan fingerprint density at radius 3 is 2.87 bits per heavy atom. The van der Waals surface area contributed by atoms with Crippen LogP contribution in [0, 0.1) is 17.2 Å². The van der Waals surface area contributed by atoms with Crippen LogP contribution in [0.15, 0.2) is 24.3 Å². The smallest absolute Gasteiger partial charge is 0.227 e. The predicted molar refractivity (Wildman–Crippen MR) is 57.1 cm³/mol. The van der Waals surface area contributed by atoms with Crippen molar-refractivity contribution in [2.45, 2.75) is 19.3 Å². The summed E-state index contributed by atoms with van der Waals surface area (Å²) in [7, 11) is 0. The first-order valence-corrected chi connectivity index (χ1v) is 5.10. The molecule has 1 saturated carbocycles. The van der Waals surface area contributed by atoms with Gasteiger partial charge in [0.25, 0.3) is 0 Å². The largest absolute Gasteiger partial charge is 0.326 e. The molecule has 1 aliphatic carbocycles. The Bertz CT molecular complexity index is 416. The number of nitrogens with zero attached hydrogens (tertiary/aromatic N) is 1. The Balaban J connectivity index is 2.03. The molecule has 0 unspecified atom stereocenters. The molecule has 0 aromatic heterocycles. The molecule has 2 rings (SSSR count). The zero-order valence-corrected chi connectivity index (χ0v) is 8.36. The quantitative estimate of drug-likeness (QED) is 0.796. The van der Waals surface area contributed by atoms with Gasteiger partial charge in [0.1, 0.15) is 0 Å². The van der Waals surface area contributed by atoms with Crippen molar-refractivity contribution in [2.24, 2.45) is 5.92 Å². The zero-order chi connectivity index (χ0) is 10.7. The third kappa shape index (κ3) is 2.16. The van der Waals surface area contributed by atoms with Gasteiger partial charge < -0.3 is 5.32 Å². The molecule has 76 valence electrons. The van der Waals surface area contributed by atoms with Gasteiger partial charge in [0.2, 0.25) is 5.91 Å². The molecule has 0 heterocycles. The van der Waals surface area contributed by atoms with Crippen molar-refractivity contribution in [1.82, 2.24) is 0 Å². The van der Waals surface area contributed by atoms with Gasteiger partial charge in [-0.15, -0.1) is 0 Å². The lowest BCUT2D eigenvalue weighted by Crippen LogP contribution is -2.27. The summed E-state index contributed by atoms with van der Waals surface area (Å²) < 4.78 is 0. The first kappa shape index (κ1) is 9.72. The van der Waals surface area contributed by atoms with Crippen LogP contribution in [0.25, 0.3) is 0 Å². The van der Waals surface area contributed by atoms with Gasteiger partial charge in [-0.1, -0.05) is 12.5 Å². The zero-order valence-electron chi connectivity index (χ0n) is 8.36. The SMILES string of the molecule is N#Cc1cccc(NC(=O)C2CCC2)c1. The second-order valence-electron chi connectivity index (χ2n) is 3.81. The molecule has 3 heteroatoms. The van der Waals surface area contributed by atoms with Crippen molar-refractivity contribution >= 4 is 11.6 Å². The summed E-state index contributed by atoms with van der Waals surface area (Å²) in [4.78, 5) is 11.6. The number of anilines is 1. The van der Waals surface area contributed by atoms with Crippen LogP contribution in [0.5, 0.6) is 0 Å². The van der Waals surface area contributed by atoms with Crippen LogP contribution in [0.1, 0.15) is 24.8 Å². The molecule has 15 heavy (non-hydrogen) atoms. The lowest BCUT2D eigenvalue weighted by Gasteiger charge is -2.24. The van der Waals surface area contributed by atoms with E-state index in [9.17, 15) is 4.79 Å². The minimum atomic E-state index is 0.0799. The number of nitriles is 1. The van der Waals surface area contributed by atoms with E-state index < -0.39 is 0 Å². The maximum Gasteiger partial charge on any atom is 0.227 e. The van der Waals surface area contributed by atoms with Gasteiger partial charge in [-0.2, -0.15) is 5.26 Å². The lowest BCUT2D eigenvalue weighted by molar-refractivity contribution is -0.122. The third-order valence-corrected chi connectivity index (χ3v) is 2.74. The molecule has 0 saturated heterocycles. The molecule has 1 amide bonds. The van der Waals surface area contributed by atoms with Crippen LogP contribution in [0.4, 0.5) is 5.69 Å². The molecule has 0 aliphatic heterocycles. The molecule has 0 radical (unpaired) electrons. The number of benzene rings is 1. The number of carbonyl (C=O) groups is 1. The van der Waals surface area contributed by atoms with Crippen molar-refractivity contribution in [1.29, 1.82) is 5.26 Å². The summed E-state index contributed by atoms with van der Waals surface area (Å²) >= 11 is 0. The van der Waals surface area contributed by atoms with Gasteiger partial charge in [-0.25, -0.2) is 0 Å². The van der Waals surface area contributed by atoms with Crippen molar-refractivity contribution in [3.63, 3.8) is 0 Å². The van der Waals surface area contributed by atoms with Gasteiger partial charge in [0, 0.05) is 11.6 Å². The highest BCUT2D eigenvalue weighted by atomic mass is 16.1. The number of rotatable bonds is 2. The summed E-state index contributed by atoms with van der Waals surface area (Å²) in [5.74, 6) is 0.257. The Kier molecular flexibility index (Phi) is 2.68. The highest BCUT2D eigenvalue weighted by molar-refractivity contribution is 5.93. The lowest BCUT2D eigenvalue weighted by atomic mass is 9.85. The van der Waals surface area contributed by atoms with Crippen molar-refractivity contribution < 1.29 is 4.79 Å². The van der Waals surface area contributed by atoms with Crippen molar-refractivity contribution in [2.75, 3.05) is 5.32 Å². The average Bonchev–Trinajstić information content (AvgIpc) is 2.15. The van der Waals surface area contributed by atoms with E-state index in [1.807, 2.05) is 6.07 Å². The first-order chi connectivity index (χ1) is 7.29. The summed E-state index contributed by atoms with van der Waals surface area (Å²) in [6, 6.07) is 9.03. The van der Waals surface area contributed by atoms with Crippen molar-refractivity contribution in [3.05, 3.63) is 29.8 Å². The molecule has 1 aromatic rings. The molecule has 1 aliphatic rings. The molecule has 0 bridgehead atoms. The maximum absolute atomic E-state index is 11.6. The second-order valence-corrected chi connectivity index (χ2v) is 3.81. The number of hydrogen-bond acceptors (Lipinski definition) is 2. The van der Waals surface area contributed by atoms with Crippen LogP contribution in [0.3, 0.4) is 0 Å². The Morgan fingerprint density at radius 1 is 1.47 bits per heavy atom. The minimum Gasteiger partial charge on any atom is -0.326 e. The van der Waals surface area contributed by atoms with Gasteiger partial charge in [0.05, 0.1) is 11.6 Å². The molecular formula is C12H12N2O. The van der Waals surface area contributed by atoms with Crippen LogP contribution in [-0.4, -0.2) is 5.91 Å². The fourth-order valence-corrected chi connectivity index (χ4v) is 1.58. The van der Waals surface area contributed by atoms with Gasteiger partial charge in [-0.05, 0) is 31.0 Å². The van der Waals surface area contributed by atoms with E-state index in [0.717, 1.165) is 19.3 Å². The molecule has 1 N–H and O–H groups in total. The van der Waals surface area contributed by atoms with Crippen LogP contribution >= 0.6 is 0 Å². The number of hydrogen-bond donors (Lipinski definition) is 1. The van der Waals surface area contributed by atoms with Crippen LogP contribution < -0.4 is 5.32 Å². The molecular weight excluding hydrogens is 188 g/mol. The Morgan fingerprint density at radius 2 is 2.27 bits per heavy atom. The minimum absolute atomic E-state index is 0.0799. The van der Waals surface area contributed by atoms with E-state index in [0.29, 0.717) is 11.3 Å². The molecule has 0 spiro atoms. The van der Waals surface area contributed by atoms with Crippen molar-refractivity contribution in [3.8, 4) is 6.07 Å². The van der Waals surface area contributed by atoms with E-state index in [-0.39, 0.29) is 11.8 Å². The fourth-order valence-electron chi connectivity index (χ4n) is 1.58. The van der Waals surface area contributed by atoms with Crippen LogP contribution in [0.2, 0.25) is 0 Å². The fraction of sp³-hybridized carbons (Fsp3) is 0.333. The Hall–Kier alpha value is -1.82. The first-order valence-electron chi connectivity index (χ1n) is 5.10. The van der Waals surface area contributed by atoms with Gasteiger partial charge in [0.15, 0.2) is 0 Å². The second kappa shape index (κ2) is 4.14. The van der Waals surface area contributed by atoms with E-state index in [1.165, 1.54) is 0 Å². The average molecular weight is 200 g/mol. The topological polar surface area (TPSA) is 52.9 Å². The maximum atomic E-state index is 11.6. The number of nitrogens with one attached hydrogen (secondary N) is 1. The monoisotopic (exact) mass is 200 g/mol. The van der Waals surface area contributed by atoms with E-state index in [4.69, 9.17) is 5.26 Å². The normalized spacial score (nSPS) is 15.1. The summed E-state index contributed by atoms with van der Waals surface area (Å²) in [6.45, 7) is 0. The highest BCUT2D eigenvalue weighted by Crippen LogP contribution is 2.27. The van der Waals surface area contributed by atoms with Gasteiger partial charge in [-0.3, -0.25) is 4.79 Å². The van der Waals surface area contributed by atoms with Crippen LogP contribution in [-0.2, 0) is 4.79 Å². The Labute approximate surface area is 88.7 Å². The predicted octanol–water partition coefficient (Wildman–Crippen LogP) is 2.30. The molecule has 1 aromatic carbocycles. The standard InChI is InChI=1S/C12H12N2O/c13-8-9-3-1-6-11(7-9)14-12(15)10-4-2-5-10/h1,3,6-7,10H,2,4-5H2,(H,14,15). The third-order valence-electron chi connectivity index (χ3n) is 2.74. The molecule has 0 atom stereocenters. The van der Waals surface area contributed by atoms with Gasteiger partial charge >= 0.3 is 0 Å². The van der Waals surface area contributed by atoms with E-state index in [1.54, 1.807) is 24.3 Å².